The van der Waals surface area contributed by atoms with Crippen molar-refractivity contribution in [2.45, 2.75) is 32.7 Å². The summed E-state index contributed by atoms with van der Waals surface area (Å²) in [6, 6.07) is 7.44. The van der Waals surface area contributed by atoms with Crippen LogP contribution in [0.15, 0.2) is 24.3 Å². The number of ether oxygens (including phenoxy) is 1. The summed E-state index contributed by atoms with van der Waals surface area (Å²) < 4.78 is 5.11. The highest BCUT2D eigenvalue weighted by Gasteiger charge is 2.15. The Labute approximate surface area is 123 Å². The van der Waals surface area contributed by atoms with E-state index in [0.717, 1.165) is 30.0 Å². The molecule has 0 saturated heterocycles. The lowest BCUT2D eigenvalue weighted by molar-refractivity contribution is 0.0929. The molecule has 6 heteroatoms. The topological polar surface area (TPSA) is 79.9 Å². The maximum atomic E-state index is 12.1. The van der Waals surface area contributed by atoms with Crippen LogP contribution in [0.1, 0.15) is 48.3 Å². The fourth-order valence-electron chi connectivity index (χ4n) is 1.98. The van der Waals surface area contributed by atoms with Gasteiger partial charge >= 0.3 is 0 Å². The Kier molecular flexibility index (Phi) is 4.92. The van der Waals surface area contributed by atoms with Crippen molar-refractivity contribution in [1.29, 1.82) is 0 Å². The number of nitrogens with zero attached hydrogens (tertiary/aromatic N) is 2. The number of aryl methyl sites for hydroxylation is 1. The molecule has 0 bridgehead atoms. The van der Waals surface area contributed by atoms with E-state index < -0.39 is 0 Å². The standard InChI is InChI=1S/C15H20N4O2/c1-4-5-13-17-14(19-18-13)15(20)16-10(2)11-6-8-12(21-3)9-7-11/h6-10H,4-5H2,1-3H3,(H,16,20)(H,17,18,19). The quantitative estimate of drug-likeness (QED) is 0.854. The van der Waals surface area contributed by atoms with Gasteiger partial charge in [0.1, 0.15) is 11.6 Å². The van der Waals surface area contributed by atoms with Crippen LogP contribution in [0, 0.1) is 0 Å². The Morgan fingerprint density at radius 3 is 2.71 bits per heavy atom. The Bertz CT molecular complexity index is 592. The summed E-state index contributed by atoms with van der Waals surface area (Å²) in [7, 11) is 1.62. The monoisotopic (exact) mass is 288 g/mol. The van der Waals surface area contributed by atoms with Gasteiger partial charge in [-0.25, -0.2) is 4.98 Å². The predicted octanol–water partition coefficient (Wildman–Crippen LogP) is 2.26. The minimum atomic E-state index is -0.281. The Morgan fingerprint density at radius 1 is 1.38 bits per heavy atom. The lowest BCUT2D eigenvalue weighted by Gasteiger charge is -2.13. The first-order chi connectivity index (χ1) is 10.1. The SMILES string of the molecule is CCCc1nc(C(=O)NC(C)c2ccc(OC)cc2)n[nH]1. The van der Waals surface area contributed by atoms with Gasteiger partial charge in [-0.05, 0) is 31.0 Å². The molecule has 0 aliphatic heterocycles. The summed E-state index contributed by atoms with van der Waals surface area (Å²) in [5.74, 6) is 1.42. The highest BCUT2D eigenvalue weighted by molar-refractivity contribution is 5.90. The van der Waals surface area contributed by atoms with Gasteiger partial charge in [0.15, 0.2) is 0 Å². The molecule has 0 radical (unpaired) electrons. The Hall–Kier alpha value is -2.37. The second-order valence-electron chi connectivity index (χ2n) is 4.82. The van der Waals surface area contributed by atoms with Crippen LogP contribution in [0.3, 0.4) is 0 Å². The number of carbonyl (C=O) groups excluding carboxylic acids is 1. The predicted molar refractivity (Wildman–Crippen MR) is 79.3 cm³/mol. The van der Waals surface area contributed by atoms with Crippen LogP contribution >= 0.6 is 0 Å². The fourth-order valence-corrected chi connectivity index (χ4v) is 1.98. The lowest BCUT2D eigenvalue weighted by Crippen LogP contribution is -2.27. The van der Waals surface area contributed by atoms with E-state index in [-0.39, 0.29) is 17.8 Å². The van der Waals surface area contributed by atoms with E-state index in [9.17, 15) is 4.79 Å². The van der Waals surface area contributed by atoms with Crippen molar-refractivity contribution >= 4 is 5.91 Å². The molecular formula is C15H20N4O2. The molecule has 1 aromatic carbocycles. The van der Waals surface area contributed by atoms with Crippen molar-refractivity contribution in [3.05, 3.63) is 41.5 Å². The summed E-state index contributed by atoms with van der Waals surface area (Å²) >= 11 is 0. The summed E-state index contributed by atoms with van der Waals surface area (Å²) in [4.78, 5) is 16.3. The van der Waals surface area contributed by atoms with Gasteiger partial charge in [-0.2, -0.15) is 0 Å². The molecule has 1 atom stereocenters. The molecule has 1 heterocycles. The largest absolute Gasteiger partial charge is 0.497 e. The molecule has 0 aliphatic rings. The molecule has 21 heavy (non-hydrogen) atoms. The number of methoxy groups -OCH3 is 1. The minimum absolute atomic E-state index is 0.128. The average molecular weight is 288 g/mol. The number of benzene rings is 1. The van der Waals surface area contributed by atoms with Gasteiger partial charge in [0.2, 0.25) is 5.82 Å². The van der Waals surface area contributed by atoms with Crippen LogP contribution in [0.5, 0.6) is 5.75 Å². The molecule has 6 nitrogen and oxygen atoms in total. The van der Waals surface area contributed by atoms with E-state index in [2.05, 4.69) is 20.5 Å². The van der Waals surface area contributed by atoms with Crippen molar-refractivity contribution in [3.8, 4) is 5.75 Å². The number of aromatic amines is 1. The zero-order valence-electron chi connectivity index (χ0n) is 12.5. The second kappa shape index (κ2) is 6.88. The minimum Gasteiger partial charge on any atom is -0.497 e. The smallest absolute Gasteiger partial charge is 0.291 e. The highest BCUT2D eigenvalue weighted by Crippen LogP contribution is 2.17. The number of nitrogens with one attached hydrogen (secondary N) is 2. The molecule has 1 unspecified atom stereocenters. The van der Waals surface area contributed by atoms with Gasteiger partial charge in [0.25, 0.3) is 5.91 Å². The molecule has 0 aliphatic carbocycles. The first kappa shape index (κ1) is 15.0. The fraction of sp³-hybridized carbons (Fsp3) is 0.400. The van der Waals surface area contributed by atoms with Crippen LogP contribution in [0.25, 0.3) is 0 Å². The third-order valence-corrected chi connectivity index (χ3v) is 3.19. The molecular weight excluding hydrogens is 268 g/mol. The Balaban J connectivity index is 1.99. The maximum absolute atomic E-state index is 12.1. The number of carbonyl (C=O) groups is 1. The van der Waals surface area contributed by atoms with E-state index in [1.807, 2.05) is 38.1 Å². The van der Waals surface area contributed by atoms with Gasteiger partial charge in [0, 0.05) is 6.42 Å². The average Bonchev–Trinajstić information content (AvgIpc) is 2.96. The van der Waals surface area contributed by atoms with Crippen molar-refractivity contribution in [2.75, 3.05) is 7.11 Å². The maximum Gasteiger partial charge on any atom is 0.291 e. The molecule has 1 amide bonds. The number of H-pyrrole nitrogens is 1. The van der Waals surface area contributed by atoms with Gasteiger partial charge < -0.3 is 10.1 Å². The Morgan fingerprint density at radius 2 is 2.10 bits per heavy atom. The van der Waals surface area contributed by atoms with Gasteiger partial charge in [-0.3, -0.25) is 9.89 Å². The second-order valence-corrected chi connectivity index (χ2v) is 4.82. The lowest BCUT2D eigenvalue weighted by atomic mass is 10.1. The van der Waals surface area contributed by atoms with Crippen molar-refractivity contribution in [2.24, 2.45) is 0 Å². The van der Waals surface area contributed by atoms with E-state index in [4.69, 9.17) is 4.74 Å². The number of hydrogen-bond acceptors (Lipinski definition) is 4. The molecule has 112 valence electrons. The molecule has 2 N–H and O–H groups in total. The molecule has 1 aromatic heterocycles. The van der Waals surface area contributed by atoms with Crippen LogP contribution in [-0.2, 0) is 6.42 Å². The van der Waals surface area contributed by atoms with Crippen LogP contribution < -0.4 is 10.1 Å². The zero-order chi connectivity index (χ0) is 15.2. The van der Waals surface area contributed by atoms with Crippen molar-refractivity contribution < 1.29 is 9.53 Å². The van der Waals surface area contributed by atoms with E-state index in [0.29, 0.717) is 0 Å². The van der Waals surface area contributed by atoms with Crippen molar-refractivity contribution in [1.82, 2.24) is 20.5 Å². The highest BCUT2D eigenvalue weighted by atomic mass is 16.5. The zero-order valence-corrected chi connectivity index (χ0v) is 12.5. The number of amides is 1. The number of rotatable bonds is 6. The third kappa shape index (κ3) is 3.81. The molecule has 0 fully saturated rings. The molecule has 2 rings (SSSR count). The van der Waals surface area contributed by atoms with E-state index in [1.165, 1.54) is 0 Å². The van der Waals surface area contributed by atoms with Crippen LogP contribution in [0.4, 0.5) is 0 Å². The summed E-state index contributed by atoms with van der Waals surface area (Å²) in [6.07, 6.45) is 1.74. The van der Waals surface area contributed by atoms with Crippen LogP contribution in [-0.4, -0.2) is 28.2 Å². The van der Waals surface area contributed by atoms with Crippen molar-refractivity contribution in [3.63, 3.8) is 0 Å². The normalized spacial score (nSPS) is 12.0. The number of aromatic nitrogens is 3. The van der Waals surface area contributed by atoms with Gasteiger partial charge in [0.05, 0.1) is 13.2 Å². The van der Waals surface area contributed by atoms with E-state index in [1.54, 1.807) is 7.11 Å². The van der Waals surface area contributed by atoms with E-state index >= 15 is 0 Å². The molecule has 0 spiro atoms. The summed E-state index contributed by atoms with van der Waals surface area (Å²) in [6.45, 7) is 3.97. The third-order valence-electron chi connectivity index (χ3n) is 3.19. The summed E-state index contributed by atoms with van der Waals surface area (Å²) in [5.41, 5.74) is 0.994. The first-order valence-electron chi connectivity index (χ1n) is 7.00. The summed E-state index contributed by atoms with van der Waals surface area (Å²) in [5, 5.41) is 9.60. The van der Waals surface area contributed by atoms with Gasteiger partial charge in [-0.1, -0.05) is 19.1 Å². The number of hydrogen-bond donors (Lipinski definition) is 2. The van der Waals surface area contributed by atoms with Crippen LogP contribution in [0.2, 0.25) is 0 Å². The van der Waals surface area contributed by atoms with Gasteiger partial charge in [-0.15, -0.1) is 5.10 Å². The molecule has 0 saturated carbocycles. The first-order valence-corrected chi connectivity index (χ1v) is 7.00. The molecule has 2 aromatic rings.